The number of benzene rings is 1. The number of alkyl halides is 3. The van der Waals surface area contributed by atoms with Gasteiger partial charge in [0, 0.05) is 14.2 Å². The number of ether oxygens (including phenoxy) is 3. The molecule has 0 saturated carbocycles. The van der Waals surface area contributed by atoms with Crippen LogP contribution in [0.1, 0.15) is 5.56 Å². The van der Waals surface area contributed by atoms with E-state index >= 15 is 0 Å². The van der Waals surface area contributed by atoms with Crippen LogP contribution in [0.2, 0.25) is 0 Å². The van der Waals surface area contributed by atoms with E-state index in [4.69, 9.17) is 19.9 Å². The molecule has 0 aliphatic carbocycles. The van der Waals surface area contributed by atoms with Gasteiger partial charge >= 0.3 is 6.18 Å². The molecule has 0 radical (unpaired) electrons. The van der Waals surface area contributed by atoms with E-state index in [-0.39, 0.29) is 43.7 Å². The lowest BCUT2D eigenvalue weighted by atomic mass is 10.1. The average molecular weight is 373 g/mol. The van der Waals surface area contributed by atoms with Crippen LogP contribution in [0.5, 0.6) is 5.75 Å². The first-order valence-electron chi connectivity index (χ1n) is 6.68. The second-order valence-corrected chi connectivity index (χ2v) is 4.60. The highest BCUT2D eigenvalue weighted by atomic mass is 35.5. The quantitative estimate of drug-likeness (QED) is 0.683. The molecule has 6 nitrogen and oxygen atoms in total. The summed E-state index contributed by atoms with van der Waals surface area (Å²) in [6, 6.07) is 1.78. The van der Waals surface area contributed by atoms with Gasteiger partial charge in [0.2, 0.25) is 5.91 Å². The number of carbonyl (C=O) groups excluding carboxylic acids is 1. The molecule has 0 spiro atoms. The molecule has 1 unspecified atom stereocenters. The predicted octanol–water partition coefficient (Wildman–Crippen LogP) is 2.06. The molecule has 0 saturated heterocycles. The minimum atomic E-state index is -4.54. The Morgan fingerprint density at radius 2 is 1.92 bits per heavy atom. The van der Waals surface area contributed by atoms with E-state index in [1.165, 1.54) is 14.2 Å². The van der Waals surface area contributed by atoms with Crippen molar-refractivity contribution in [1.29, 1.82) is 0 Å². The molecule has 0 fully saturated rings. The fourth-order valence-electron chi connectivity index (χ4n) is 1.65. The van der Waals surface area contributed by atoms with Crippen molar-refractivity contribution in [2.75, 3.05) is 39.4 Å². The van der Waals surface area contributed by atoms with E-state index in [1.54, 1.807) is 0 Å². The van der Waals surface area contributed by atoms with Crippen LogP contribution >= 0.6 is 12.4 Å². The van der Waals surface area contributed by atoms with Crippen molar-refractivity contribution in [2.24, 2.45) is 5.73 Å². The molecule has 0 aliphatic heterocycles. The van der Waals surface area contributed by atoms with Crippen LogP contribution in [0.3, 0.4) is 0 Å². The van der Waals surface area contributed by atoms with Crippen LogP contribution < -0.4 is 15.8 Å². The largest absolute Gasteiger partial charge is 0.489 e. The Bertz CT molecular complexity index is 529. The van der Waals surface area contributed by atoms with Gasteiger partial charge in [-0.1, -0.05) is 0 Å². The molecule has 138 valence electrons. The number of anilines is 1. The van der Waals surface area contributed by atoms with Crippen LogP contribution in [0.25, 0.3) is 0 Å². The zero-order valence-corrected chi connectivity index (χ0v) is 14.0. The fraction of sp³-hybridized carbons (Fsp3) is 0.500. The van der Waals surface area contributed by atoms with Crippen molar-refractivity contribution in [3.8, 4) is 5.75 Å². The van der Waals surface area contributed by atoms with Crippen LogP contribution in [-0.2, 0) is 20.4 Å². The van der Waals surface area contributed by atoms with E-state index in [2.05, 4.69) is 5.32 Å². The Morgan fingerprint density at radius 3 is 2.46 bits per heavy atom. The molecule has 3 N–H and O–H groups in total. The van der Waals surface area contributed by atoms with Crippen molar-refractivity contribution in [2.45, 2.75) is 12.2 Å². The second kappa shape index (κ2) is 10.3. The monoisotopic (exact) mass is 372 g/mol. The van der Waals surface area contributed by atoms with E-state index in [0.29, 0.717) is 0 Å². The standard InChI is InChI=1S/C14H19F3N2O4.ClH/c1-21-5-6-23-12-4-3-9(14(15,16)17)7-11(12)19-13(20)10(18)8-22-2;/h3-4,7,10H,5-6,8,18H2,1-2H3,(H,19,20);1H. The molecule has 1 atom stereocenters. The van der Waals surface area contributed by atoms with Crippen molar-refractivity contribution >= 4 is 24.0 Å². The topological polar surface area (TPSA) is 82.8 Å². The highest BCUT2D eigenvalue weighted by Crippen LogP contribution is 2.35. The molecule has 0 heterocycles. The molecule has 1 aromatic carbocycles. The number of hydrogen-bond donors (Lipinski definition) is 2. The normalized spacial score (nSPS) is 12.2. The third kappa shape index (κ3) is 6.91. The summed E-state index contributed by atoms with van der Waals surface area (Å²) < 4.78 is 53.3. The Balaban J connectivity index is 0.00000529. The summed E-state index contributed by atoms with van der Waals surface area (Å²) >= 11 is 0. The average Bonchev–Trinajstić information content (AvgIpc) is 2.48. The summed E-state index contributed by atoms with van der Waals surface area (Å²) in [5, 5.41) is 2.32. The molecule has 24 heavy (non-hydrogen) atoms. The molecule has 0 aromatic heterocycles. The maximum Gasteiger partial charge on any atom is 0.416 e. The van der Waals surface area contributed by atoms with Crippen molar-refractivity contribution in [3.63, 3.8) is 0 Å². The Labute approximate surface area is 143 Å². The third-order valence-electron chi connectivity index (χ3n) is 2.79. The van der Waals surface area contributed by atoms with Gasteiger partial charge in [-0.3, -0.25) is 4.79 Å². The lowest BCUT2D eigenvalue weighted by Gasteiger charge is -2.17. The molecule has 1 amide bonds. The lowest BCUT2D eigenvalue weighted by Crippen LogP contribution is -2.39. The highest BCUT2D eigenvalue weighted by molar-refractivity contribution is 5.96. The van der Waals surface area contributed by atoms with Gasteiger partial charge in [0.05, 0.1) is 24.5 Å². The predicted molar refractivity (Wildman–Crippen MR) is 84.5 cm³/mol. The maximum atomic E-state index is 12.8. The minimum Gasteiger partial charge on any atom is -0.489 e. The number of nitrogens with two attached hydrogens (primary N) is 1. The Morgan fingerprint density at radius 1 is 1.25 bits per heavy atom. The van der Waals surface area contributed by atoms with Gasteiger partial charge in [-0.15, -0.1) is 12.4 Å². The van der Waals surface area contributed by atoms with Gasteiger partial charge in [0.25, 0.3) is 0 Å². The van der Waals surface area contributed by atoms with Gasteiger partial charge in [0.15, 0.2) is 0 Å². The van der Waals surface area contributed by atoms with Crippen LogP contribution in [0.4, 0.5) is 18.9 Å². The smallest absolute Gasteiger partial charge is 0.416 e. The first-order valence-corrected chi connectivity index (χ1v) is 6.68. The van der Waals surface area contributed by atoms with E-state index in [9.17, 15) is 18.0 Å². The number of nitrogens with one attached hydrogen (secondary N) is 1. The first-order chi connectivity index (χ1) is 10.8. The third-order valence-corrected chi connectivity index (χ3v) is 2.79. The summed E-state index contributed by atoms with van der Waals surface area (Å²) in [4.78, 5) is 11.9. The molecule has 0 aliphatic rings. The summed E-state index contributed by atoms with van der Waals surface area (Å²) in [5.41, 5.74) is 4.52. The number of carbonyl (C=O) groups is 1. The molecule has 10 heteroatoms. The first kappa shape index (κ1) is 22.4. The second-order valence-electron chi connectivity index (χ2n) is 4.60. The number of hydrogen-bond acceptors (Lipinski definition) is 5. The molecule has 0 bridgehead atoms. The summed E-state index contributed by atoms with van der Waals surface area (Å²) in [6.07, 6.45) is -4.54. The number of amides is 1. The SMILES string of the molecule is COCCOc1ccc(C(F)(F)F)cc1NC(=O)C(N)COC.Cl. The Hall–Kier alpha value is -1.55. The highest BCUT2D eigenvalue weighted by Gasteiger charge is 2.31. The molecular weight excluding hydrogens is 353 g/mol. The maximum absolute atomic E-state index is 12.8. The van der Waals surface area contributed by atoms with E-state index in [0.717, 1.165) is 18.2 Å². The zero-order valence-electron chi connectivity index (χ0n) is 13.2. The summed E-state index contributed by atoms with van der Waals surface area (Å²) in [5.74, 6) is -0.587. The van der Waals surface area contributed by atoms with Crippen molar-refractivity contribution in [1.82, 2.24) is 0 Å². The summed E-state index contributed by atoms with van der Waals surface area (Å²) in [6.45, 7) is 0.303. The van der Waals surface area contributed by atoms with Crippen LogP contribution in [0, 0.1) is 0 Å². The minimum absolute atomic E-state index is 0. The Kier molecular flexibility index (Phi) is 9.67. The molecular formula is C14H20ClF3N2O4. The van der Waals surface area contributed by atoms with Crippen LogP contribution in [-0.4, -0.2) is 46.0 Å². The molecule has 1 aromatic rings. The van der Waals surface area contributed by atoms with Crippen LogP contribution in [0.15, 0.2) is 18.2 Å². The van der Waals surface area contributed by atoms with Gasteiger partial charge in [-0.25, -0.2) is 0 Å². The lowest BCUT2D eigenvalue weighted by molar-refractivity contribution is -0.137. The molecule has 1 rings (SSSR count). The summed E-state index contributed by atoms with van der Waals surface area (Å²) in [7, 11) is 2.82. The van der Waals surface area contributed by atoms with Crippen molar-refractivity contribution in [3.05, 3.63) is 23.8 Å². The van der Waals surface area contributed by atoms with E-state index in [1.807, 2.05) is 0 Å². The number of rotatable bonds is 8. The number of methoxy groups -OCH3 is 2. The van der Waals surface area contributed by atoms with Gasteiger partial charge in [0.1, 0.15) is 18.4 Å². The fourth-order valence-corrected chi connectivity index (χ4v) is 1.65. The number of halogens is 4. The van der Waals surface area contributed by atoms with Gasteiger partial charge in [-0.2, -0.15) is 13.2 Å². The van der Waals surface area contributed by atoms with E-state index < -0.39 is 23.7 Å². The van der Waals surface area contributed by atoms with Gasteiger partial charge < -0.3 is 25.3 Å². The van der Waals surface area contributed by atoms with Gasteiger partial charge in [-0.05, 0) is 18.2 Å². The zero-order chi connectivity index (χ0) is 17.5. The van der Waals surface area contributed by atoms with Crippen molar-refractivity contribution < 1.29 is 32.2 Å².